The Hall–Kier alpha value is -3.32. The number of sulfone groups is 1. The summed E-state index contributed by atoms with van der Waals surface area (Å²) in [6.45, 7) is 0. The van der Waals surface area contributed by atoms with Crippen LogP contribution in [0.4, 0.5) is 4.39 Å². The van der Waals surface area contributed by atoms with Crippen molar-refractivity contribution in [3.05, 3.63) is 101 Å². The van der Waals surface area contributed by atoms with E-state index in [-0.39, 0.29) is 17.3 Å². The van der Waals surface area contributed by atoms with Crippen molar-refractivity contribution in [1.29, 1.82) is 0 Å². The highest BCUT2D eigenvalue weighted by Gasteiger charge is 2.18. The summed E-state index contributed by atoms with van der Waals surface area (Å²) in [4.78, 5) is 24.4. The fraction of sp³-hybridized carbons (Fsp3) is 0.167. The van der Waals surface area contributed by atoms with Crippen molar-refractivity contribution in [2.45, 2.75) is 12.8 Å². The van der Waals surface area contributed by atoms with E-state index in [4.69, 9.17) is 4.74 Å². The Morgan fingerprint density at radius 1 is 0.806 bits per heavy atom. The summed E-state index contributed by atoms with van der Waals surface area (Å²) in [5.41, 5.74) is 1.70. The van der Waals surface area contributed by atoms with Crippen molar-refractivity contribution in [3.8, 4) is 5.75 Å². The van der Waals surface area contributed by atoms with E-state index < -0.39 is 27.4 Å². The normalized spacial score (nSPS) is 11.1. The summed E-state index contributed by atoms with van der Waals surface area (Å²) in [5.74, 6) is -2.30. The Balaban J connectivity index is 1.51. The van der Waals surface area contributed by atoms with Crippen molar-refractivity contribution in [2.75, 3.05) is 11.5 Å². The molecule has 0 saturated heterocycles. The Labute approximate surface area is 180 Å². The molecule has 0 heterocycles. The molecule has 31 heavy (non-hydrogen) atoms. The van der Waals surface area contributed by atoms with Gasteiger partial charge >= 0.3 is 5.97 Å². The molecule has 0 aliphatic rings. The molecule has 0 spiro atoms. The van der Waals surface area contributed by atoms with Crippen LogP contribution in [0.5, 0.6) is 5.75 Å². The quantitative estimate of drug-likeness (QED) is 0.285. The lowest BCUT2D eigenvalue weighted by atomic mass is 10.0. The van der Waals surface area contributed by atoms with Crippen LogP contribution in [-0.4, -0.2) is 31.7 Å². The summed E-state index contributed by atoms with van der Waals surface area (Å²) in [7, 11) is -3.59. The van der Waals surface area contributed by atoms with Crippen molar-refractivity contribution >= 4 is 21.6 Å². The summed E-state index contributed by atoms with van der Waals surface area (Å²) in [5, 5.41) is 0. The fourth-order valence-electron chi connectivity index (χ4n) is 3.00. The largest absolute Gasteiger partial charge is 0.426 e. The minimum absolute atomic E-state index is 0.109. The highest BCUT2D eigenvalue weighted by molar-refractivity contribution is 7.92. The van der Waals surface area contributed by atoms with Gasteiger partial charge in [-0.25, -0.2) is 12.8 Å². The zero-order chi connectivity index (χ0) is 22.3. The van der Waals surface area contributed by atoms with Gasteiger partial charge in [0.15, 0.2) is 15.6 Å². The SMILES string of the molecule is O=C(CS(=O)(=O)CCCc1ccccc1)Oc1ccc(C(=O)c2ccc(F)cc2)cc1. The number of benzene rings is 3. The molecular weight excluding hydrogens is 419 g/mol. The summed E-state index contributed by atoms with van der Waals surface area (Å²) in [6, 6.07) is 20.4. The van der Waals surface area contributed by atoms with Crippen LogP contribution in [0.25, 0.3) is 0 Å². The van der Waals surface area contributed by atoms with Gasteiger partial charge in [-0.15, -0.1) is 0 Å². The number of rotatable bonds is 9. The predicted octanol–water partition coefficient (Wildman–Crippen LogP) is 4.01. The van der Waals surface area contributed by atoms with E-state index in [2.05, 4.69) is 0 Å². The lowest BCUT2D eigenvalue weighted by Crippen LogP contribution is -2.23. The maximum Gasteiger partial charge on any atom is 0.326 e. The number of aryl methyl sites for hydroxylation is 1. The molecule has 160 valence electrons. The second kappa shape index (κ2) is 10.1. The average Bonchev–Trinajstić information content (AvgIpc) is 2.74. The molecule has 3 aromatic carbocycles. The number of hydrogen-bond acceptors (Lipinski definition) is 5. The number of esters is 1. The first-order chi connectivity index (χ1) is 14.8. The first kappa shape index (κ1) is 22.4. The third kappa shape index (κ3) is 6.86. The molecule has 0 unspecified atom stereocenters. The first-order valence-corrected chi connectivity index (χ1v) is 11.5. The van der Waals surface area contributed by atoms with Crippen LogP contribution in [0.15, 0.2) is 78.9 Å². The second-order valence-electron chi connectivity index (χ2n) is 7.02. The van der Waals surface area contributed by atoms with E-state index in [1.807, 2.05) is 30.3 Å². The molecule has 3 aromatic rings. The van der Waals surface area contributed by atoms with Crippen LogP contribution in [0, 0.1) is 5.82 Å². The molecular formula is C24H21FO5S. The maximum atomic E-state index is 13.0. The first-order valence-electron chi connectivity index (χ1n) is 9.68. The number of carbonyl (C=O) groups excluding carboxylic acids is 2. The molecule has 0 amide bonds. The summed E-state index contributed by atoms with van der Waals surface area (Å²) >= 11 is 0. The minimum atomic E-state index is -3.59. The molecule has 7 heteroatoms. The zero-order valence-corrected chi connectivity index (χ0v) is 17.5. The van der Waals surface area contributed by atoms with Crippen molar-refractivity contribution < 1.29 is 27.1 Å². The van der Waals surface area contributed by atoms with E-state index in [1.165, 1.54) is 48.5 Å². The molecule has 0 fully saturated rings. The van der Waals surface area contributed by atoms with Gasteiger partial charge in [0.05, 0.1) is 5.75 Å². The molecule has 0 bridgehead atoms. The number of carbonyl (C=O) groups is 2. The topological polar surface area (TPSA) is 77.5 Å². The monoisotopic (exact) mass is 440 g/mol. The van der Waals surface area contributed by atoms with Crippen LogP contribution in [0.2, 0.25) is 0 Å². The summed E-state index contributed by atoms with van der Waals surface area (Å²) in [6.07, 6.45) is 1.03. The van der Waals surface area contributed by atoms with Gasteiger partial charge < -0.3 is 4.74 Å². The van der Waals surface area contributed by atoms with Crippen molar-refractivity contribution in [1.82, 2.24) is 0 Å². The Morgan fingerprint density at radius 3 is 2.00 bits per heavy atom. The molecule has 5 nitrogen and oxygen atoms in total. The van der Waals surface area contributed by atoms with Crippen LogP contribution in [-0.2, 0) is 21.1 Å². The van der Waals surface area contributed by atoms with Gasteiger partial charge in [0.25, 0.3) is 0 Å². The number of ketones is 1. The zero-order valence-electron chi connectivity index (χ0n) is 16.7. The average molecular weight is 440 g/mol. The molecule has 0 saturated carbocycles. The molecule has 3 rings (SSSR count). The smallest absolute Gasteiger partial charge is 0.326 e. The van der Waals surface area contributed by atoms with Crippen LogP contribution < -0.4 is 4.74 Å². The van der Waals surface area contributed by atoms with Gasteiger partial charge in [-0.1, -0.05) is 30.3 Å². The lowest BCUT2D eigenvalue weighted by molar-refractivity contribution is -0.131. The number of ether oxygens (including phenoxy) is 1. The fourth-order valence-corrected chi connectivity index (χ4v) is 4.14. The van der Waals surface area contributed by atoms with Gasteiger partial charge in [0, 0.05) is 11.1 Å². The van der Waals surface area contributed by atoms with Gasteiger partial charge in [-0.3, -0.25) is 9.59 Å². The second-order valence-corrected chi connectivity index (χ2v) is 9.20. The Bertz CT molecular complexity index is 1140. The lowest BCUT2D eigenvalue weighted by Gasteiger charge is -2.07. The molecule has 0 radical (unpaired) electrons. The molecule has 0 aliphatic carbocycles. The van der Waals surface area contributed by atoms with Crippen LogP contribution in [0.1, 0.15) is 27.9 Å². The van der Waals surface area contributed by atoms with E-state index in [9.17, 15) is 22.4 Å². The highest BCUT2D eigenvalue weighted by atomic mass is 32.2. The Morgan fingerprint density at radius 2 is 1.39 bits per heavy atom. The van der Waals surface area contributed by atoms with Crippen LogP contribution in [0.3, 0.4) is 0 Å². The van der Waals surface area contributed by atoms with E-state index >= 15 is 0 Å². The molecule has 0 atom stereocenters. The van der Waals surface area contributed by atoms with E-state index in [0.717, 1.165) is 5.56 Å². The van der Waals surface area contributed by atoms with Gasteiger partial charge in [-0.2, -0.15) is 0 Å². The number of hydrogen-bond donors (Lipinski definition) is 0. The maximum absolute atomic E-state index is 13.0. The minimum Gasteiger partial charge on any atom is -0.426 e. The van der Waals surface area contributed by atoms with Gasteiger partial charge in [-0.05, 0) is 66.9 Å². The van der Waals surface area contributed by atoms with Gasteiger partial charge in [0.1, 0.15) is 17.3 Å². The van der Waals surface area contributed by atoms with Crippen molar-refractivity contribution in [2.24, 2.45) is 0 Å². The highest BCUT2D eigenvalue weighted by Crippen LogP contribution is 2.16. The Kier molecular flexibility index (Phi) is 7.31. The van der Waals surface area contributed by atoms with E-state index in [1.54, 1.807) is 0 Å². The molecule has 0 aromatic heterocycles. The van der Waals surface area contributed by atoms with E-state index in [0.29, 0.717) is 24.0 Å². The van der Waals surface area contributed by atoms with Gasteiger partial charge in [0.2, 0.25) is 0 Å². The third-order valence-corrected chi connectivity index (χ3v) is 6.14. The number of halogens is 1. The molecule has 0 aliphatic heterocycles. The third-order valence-electron chi connectivity index (χ3n) is 4.56. The summed E-state index contributed by atoms with van der Waals surface area (Å²) < 4.78 is 42.4. The van der Waals surface area contributed by atoms with Crippen molar-refractivity contribution in [3.63, 3.8) is 0 Å². The molecule has 0 N–H and O–H groups in total. The standard InChI is InChI=1S/C24H21FO5S/c25-21-12-8-19(9-13-21)24(27)20-10-14-22(15-11-20)30-23(26)17-31(28,29)16-4-7-18-5-2-1-3-6-18/h1-3,5-6,8-15H,4,7,16-17H2. The van der Waals surface area contributed by atoms with Crippen LogP contribution >= 0.6 is 0 Å². The predicted molar refractivity (Wildman–Crippen MR) is 115 cm³/mol.